The summed E-state index contributed by atoms with van der Waals surface area (Å²) in [5, 5.41) is 10.6. The molecule has 0 fully saturated rings. The Morgan fingerprint density at radius 2 is 2.00 bits per heavy atom. The second kappa shape index (κ2) is 3.85. The summed E-state index contributed by atoms with van der Waals surface area (Å²) in [4.78, 5) is 9.48. The molecule has 0 aliphatic carbocycles. The topological polar surface area (TPSA) is 86.5 Å². The molecule has 1 aromatic rings. The van der Waals surface area contributed by atoms with Gasteiger partial charge in [0.1, 0.15) is 5.75 Å². The van der Waals surface area contributed by atoms with Gasteiger partial charge in [-0.05, 0) is 6.07 Å². The molecule has 1 aromatic carbocycles. The highest BCUT2D eigenvalue weighted by Gasteiger charge is 2.26. The van der Waals surface area contributed by atoms with Crippen LogP contribution in [0.3, 0.4) is 0 Å². The molecular formula is C8H9NO5S. The monoisotopic (exact) mass is 231 g/mol. The fourth-order valence-corrected chi connectivity index (χ4v) is 2.22. The lowest BCUT2D eigenvalue weighted by Gasteiger charge is -2.06. The second-order valence-corrected chi connectivity index (χ2v) is 4.79. The van der Waals surface area contributed by atoms with Gasteiger partial charge in [0.25, 0.3) is 5.69 Å². The first-order valence-corrected chi connectivity index (χ1v) is 5.78. The Hall–Kier alpha value is -1.63. The smallest absolute Gasteiger partial charge is 0.291 e. The number of hydrogen-bond acceptors (Lipinski definition) is 5. The van der Waals surface area contributed by atoms with Crippen molar-refractivity contribution in [2.75, 3.05) is 13.4 Å². The van der Waals surface area contributed by atoms with Crippen molar-refractivity contribution < 1.29 is 18.1 Å². The van der Waals surface area contributed by atoms with E-state index < -0.39 is 25.3 Å². The van der Waals surface area contributed by atoms with Crippen molar-refractivity contribution >= 4 is 15.5 Å². The molecule has 0 aliphatic heterocycles. The quantitative estimate of drug-likeness (QED) is 0.572. The summed E-state index contributed by atoms with van der Waals surface area (Å²) < 4.78 is 27.5. The summed E-state index contributed by atoms with van der Waals surface area (Å²) in [6.07, 6.45) is 0.901. The van der Waals surface area contributed by atoms with Crippen molar-refractivity contribution in [3.05, 3.63) is 28.3 Å². The number of nitrogens with zero attached hydrogens (tertiary/aromatic N) is 1. The van der Waals surface area contributed by atoms with Gasteiger partial charge in [0.15, 0.2) is 14.7 Å². The average molecular weight is 231 g/mol. The van der Waals surface area contributed by atoms with Gasteiger partial charge >= 0.3 is 0 Å². The normalized spacial score (nSPS) is 11.1. The van der Waals surface area contributed by atoms with E-state index in [4.69, 9.17) is 4.74 Å². The first kappa shape index (κ1) is 11.4. The first-order valence-electron chi connectivity index (χ1n) is 3.89. The molecule has 82 valence electrons. The molecule has 0 aliphatic rings. The molecule has 0 radical (unpaired) electrons. The molecular weight excluding hydrogens is 222 g/mol. The third kappa shape index (κ3) is 2.24. The number of nitro groups is 1. The summed E-state index contributed by atoms with van der Waals surface area (Å²) in [7, 11) is -2.43. The SMILES string of the molecule is COc1cccc([N+](=O)[O-])c1S(C)(=O)=O. The molecule has 0 amide bonds. The van der Waals surface area contributed by atoms with Gasteiger partial charge < -0.3 is 4.74 Å². The van der Waals surface area contributed by atoms with E-state index in [1.54, 1.807) is 0 Å². The van der Waals surface area contributed by atoms with Crippen LogP contribution < -0.4 is 4.74 Å². The van der Waals surface area contributed by atoms with Crippen LogP contribution in [-0.4, -0.2) is 26.7 Å². The Bertz CT molecular complexity index is 494. The number of rotatable bonds is 3. The number of nitro benzene ring substituents is 1. The molecule has 0 spiro atoms. The Kier molecular flexibility index (Phi) is 2.94. The van der Waals surface area contributed by atoms with Gasteiger partial charge in [-0.1, -0.05) is 6.07 Å². The number of sulfone groups is 1. The van der Waals surface area contributed by atoms with E-state index in [1.807, 2.05) is 0 Å². The molecule has 0 saturated heterocycles. The maximum absolute atomic E-state index is 11.4. The molecule has 0 N–H and O–H groups in total. The molecule has 0 saturated carbocycles. The van der Waals surface area contributed by atoms with E-state index in [-0.39, 0.29) is 5.75 Å². The van der Waals surface area contributed by atoms with Gasteiger partial charge in [-0.3, -0.25) is 10.1 Å². The molecule has 0 heterocycles. The summed E-state index contributed by atoms with van der Waals surface area (Å²) >= 11 is 0. The van der Waals surface area contributed by atoms with E-state index in [2.05, 4.69) is 0 Å². The standard InChI is InChI=1S/C8H9NO5S/c1-14-7-5-3-4-6(9(10)11)8(7)15(2,12)13/h3-5H,1-2H3. The summed E-state index contributed by atoms with van der Waals surface area (Å²) in [5.74, 6) is -0.0216. The zero-order valence-corrected chi connectivity index (χ0v) is 8.95. The van der Waals surface area contributed by atoms with E-state index in [9.17, 15) is 18.5 Å². The van der Waals surface area contributed by atoms with Crippen molar-refractivity contribution in [1.82, 2.24) is 0 Å². The van der Waals surface area contributed by atoms with Crippen LogP contribution in [0.25, 0.3) is 0 Å². The predicted molar refractivity (Wildman–Crippen MR) is 52.8 cm³/mol. The fraction of sp³-hybridized carbons (Fsp3) is 0.250. The fourth-order valence-electron chi connectivity index (χ4n) is 1.18. The minimum Gasteiger partial charge on any atom is -0.495 e. The molecule has 6 nitrogen and oxygen atoms in total. The van der Waals surface area contributed by atoms with Crippen LogP contribution in [-0.2, 0) is 9.84 Å². The highest BCUT2D eigenvalue weighted by Crippen LogP contribution is 2.32. The lowest BCUT2D eigenvalue weighted by molar-refractivity contribution is -0.387. The highest BCUT2D eigenvalue weighted by molar-refractivity contribution is 7.91. The van der Waals surface area contributed by atoms with Gasteiger partial charge in [-0.2, -0.15) is 0 Å². The van der Waals surface area contributed by atoms with Gasteiger partial charge in [-0.15, -0.1) is 0 Å². The van der Waals surface area contributed by atoms with Crippen LogP contribution in [0, 0.1) is 10.1 Å². The Morgan fingerprint density at radius 3 is 2.40 bits per heavy atom. The molecule has 15 heavy (non-hydrogen) atoms. The second-order valence-electron chi connectivity index (χ2n) is 2.84. The van der Waals surface area contributed by atoms with Crippen LogP contribution in [0.1, 0.15) is 0 Å². The molecule has 0 bridgehead atoms. The maximum atomic E-state index is 11.4. The minimum absolute atomic E-state index is 0.0216. The number of hydrogen-bond donors (Lipinski definition) is 0. The summed E-state index contributed by atoms with van der Waals surface area (Å²) in [6, 6.07) is 3.86. The van der Waals surface area contributed by atoms with E-state index in [0.717, 1.165) is 12.3 Å². The Labute approximate surface area is 86.6 Å². The molecule has 0 atom stereocenters. The number of benzene rings is 1. The van der Waals surface area contributed by atoms with Gasteiger partial charge in [0, 0.05) is 12.3 Å². The summed E-state index contributed by atoms with van der Waals surface area (Å²) in [6.45, 7) is 0. The highest BCUT2D eigenvalue weighted by atomic mass is 32.2. The van der Waals surface area contributed by atoms with Crippen LogP contribution in [0.5, 0.6) is 5.75 Å². The zero-order valence-electron chi connectivity index (χ0n) is 8.13. The van der Waals surface area contributed by atoms with Crippen LogP contribution >= 0.6 is 0 Å². The lowest BCUT2D eigenvalue weighted by Crippen LogP contribution is -2.05. The number of ether oxygens (including phenoxy) is 1. The van der Waals surface area contributed by atoms with E-state index >= 15 is 0 Å². The van der Waals surface area contributed by atoms with Crippen molar-refractivity contribution in [1.29, 1.82) is 0 Å². The average Bonchev–Trinajstić information content (AvgIpc) is 2.15. The number of methoxy groups -OCH3 is 1. The van der Waals surface area contributed by atoms with Gasteiger partial charge in [0.2, 0.25) is 0 Å². The Balaban J connectivity index is 3.63. The van der Waals surface area contributed by atoms with Crippen molar-refractivity contribution in [2.24, 2.45) is 0 Å². The van der Waals surface area contributed by atoms with Crippen molar-refractivity contribution in [2.45, 2.75) is 4.90 Å². The maximum Gasteiger partial charge on any atom is 0.291 e. The van der Waals surface area contributed by atoms with Crippen molar-refractivity contribution in [3.63, 3.8) is 0 Å². The third-order valence-electron chi connectivity index (χ3n) is 1.75. The molecule has 1 rings (SSSR count). The lowest BCUT2D eigenvalue weighted by atomic mass is 10.3. The van der Waals surface area contributed by atoms with Crippen LogP contribution in [0.4, 0.5) is 5.69 Å². The minimum atomic E-state index is -3.69. The zero-order chi connectivity index (χ0) is 11.6. The molecule has 0 unspecified atom stereocenters. The van der Waals surface area contributed by atoms with Crippen LogP contribution in [0.15, 0.2) is 23.1 Å². The molecule has 7 heteroatoms. The van der Waals surface area contributed by atoms with Crippen molar-refractivity contribution in [3.8, 4) is 5.75 Å². The first-order chi connectivity index (χ1) is 6.88. The third-order valence-corrected chi connectivity index (χ3v) is 2.90. The van der Waals surface area contributed by atoms with Crippen LogP contribution in [0.2, 0.25) is 0 Å². The van der Waals surface area contributed by atoms with Gasteiger partial charge in [0.05, 0.1) is 12.0 Å². The molecule has 0 aromatic heterocycles. The largest absolute Gasteiger partial charge is 0.495 e. The van der Waals surface area contributed by atoms with E-state index in [0.29, 0.717) is 0 Å². The Morgan fingerprint density at radius 1 is 1.40 bits per heavy atom. The summed E-state index contributed by atoms with van der Waals surface area (Å²) in [5.41, 5.74) is -0.475. The predicted octanol–water partition coefficient (Wildman–Crippen LogP) is 1.01. The van der Waals surface area contributed by atoms with Gasteiger partial charge in [-0.25, -0.2) is 8.42 Å². The van der Waals surface area contributed by atoms with E-state index in [1.165, 1.54) is 19.2 Å².